The maximum atomic E-state index is 8.98. The number of hydrogen-bond donors (Lipinski definition) is 3. The third-order valence-electron chi connectivity index (χ3n) is 1.70. The Morgan fingerprint density at radius 3 is 1.90 bits per heavy atom. The molecule has 1 aliphatic heterocycles. The summed E-state index contributed by atoms with van der Waals surface area (Å²) >= 11 is 0. The molecule has 4 N–H and O–H groups in total. The summed E-state index contributed by atoms with van der Waals surface area (Å²) in [7, 11) is -2.89. The van der Waals surface area contributed by atoms with Gasteiger partial charge in [-0.25, -0.2) is 5.14 Å². The van der Waals surface area contributed by atoms with Gasteiger partial charge in [-0.2, -0.15) is 4.31 Å². The Balaban J connectivity index is 2.39. The van der Waals surface area contributed by atoms with E-state index >= 15 is 0 Å². The van der Waals surface area contributed by atoms with E-state index in [9.17, 15) is 0 Å². The Kier molecular flexibility index (Phi) is 2.54. The van der Waals surface area contributed by atoms with Crippen LogP contribution in [-0.2, 0) is 0 Å². The first-order valence-corrected chi connectivity index (χ1v) is 4.98. The van der Waals surface area contributed by atoms with E-state index in [4.69, 9.17) is 14.2 Å². The molecule has 10 heavy (non-hydrogen) atoms. The highest BCUT2D eigenvalue weighted by Crippen LogP contribution is 2.35. The minimum Gasteiger partial charge on any atom is -0.273 e. The molecule has 62 valence electrons. The fourth-order valence-electron chi connectivity index (χ4n) is 1.13. The van der Waals surface area contributed by atoms with Gasteiger partial charge in [0, 0.05) is 13.1 Å². The first-order valence-electron chi connectivity index (χ1n) is 3.42. The topological polar surface area (TPSA) is 69.7 Å². The van der Waals surface area contributed by atoms with Crippen molar-refractivity contribution in [3.8, 4) is 0 Å². The van der Waals surface area contributed by atoms with Crippen LogP contribution in [-0.4, -0.2) is 26.5 Å². The van der Waals surface area contributed by atoms with E-state index in [2.05, 4.69) is 0 Å². The number of rotatable bonds is 1. The smallest absolute Gasteiger partial charge is 0.0191 e. The van der Waals surface area contributed by atoms with Crippen molar-refractivity contribution in [1.82, 2.24) is 4.31 Å². The molecule has 0 unspecified atom stereocenters. The lowest BCUT2D eigenvalue weighted by Crippen LogP contribution is -2.36. The number of nitrogens with two attached hydrogens (primary N) is 1. The predicted octanol–water partition coefficient (Wildman–Crippen LogP) is 1.01. The molecule has 1 rings (SSSR count). The van der Waals surface area contributed by atoms with Gasteiger partial charge in [-0.1, -0.05) is 17.4 Å². The van der Waals surface area contributed by atoms with Crippen molar-refractivity contribution >= 4 is 11.0 Å². The van der Waals surface area contributed by atoms with Crippen LogP contribution in [0.4, 0.5) is 0 Å². The molecular weight excluding hydrogens is 152 g/mol. The molecule has 5 heteroatoms. The lowest BCUT2D eigenvalue weighted by Gasteiger charge is -2.40. The molecule has 0 bridgehead atoms. The van der Waals surface area contributed by atoms with Gasteiger partial charge in [-0.05, 0) is 12.8 Å². The van der Waals surface area contributed by atoms with Crippen molar-refractivity contribution in [1.29, 1.82) is 0 Å². The summed E-state index contributed by atoms with van der Waals surface area (Å²) in [6.45, 7) is 1.44. The molecule has 0 amide bonds. The summed E-state index contributed by atoms with van der Waals surface area (Å²) in [5.74, 6) is 0. The second-order valence-electron chi connectivity index (χ2n) is 2.55. The van der Waals surface area contributed by atoms with Gasteiger partial charge in [0.05, 0.1) is 0 Å². The van der Waals surface area contributed by atoms with Crippen LogP contribution in [0.1, 0.15) is 19.3 Å². The van der Waals surface area contributed by atoms with Crippen LogP contribution >= 0.6 is 11.0 Å². The average Bonchev–Trinajstić information content (AvgIpc) is 1.88. The second-order valence-corrected chi connectivity index (χ2v) is 4.19. The quantitative estimate of drug-likeness (QED) is 0.543. The van der Waals surface area contributed by atoms with Crippen LogP contribution < -0.4 is 5.14 Å². The summed E-state index contributed by atoms with van der Waals surface area (Å²) in [5, 5.41) is 5.13. The van der Waals surface area contributed by atoms with Crippen LogP contribution in [0.3, 0.4) is 0 Å². The molecule has 0 atom stereocenters. The van der Waals surface area contributed by atoms with Crippen LogP contribution in [0, 0.1) is 0 Å². The largest absolute Gasteiger partial charge is 0.273 e. The normalized spacial score (nSPS) is 24.7. The minimum atomic E-state index is -2.89. The summed E-state index contributed by atoms with van der Waals surface area (Å²) in [6, 6.07) is 0. The SMILES string of the molecule is NS(O)(O)N1CCCCC1. The first-order chi connectivity index (χ1) is 4.61. The standard InChI is InChI=1S/C5H14N2O2S/c6-10(8,9)7-4-2-1-3-5-7/h8-9H,1-6H2. The molecule has 0 aromatic carbocycles. The van der Waals surface area contributed by atoms with Gasteiger partial charge in [0.1, 0.15) is 0 Å². The summed E-state index contributed by atoms with van der Waals surface area (Å²) < 4.78 is 19.5. The Morgan fingerprint density at radius 2 is 1.60 bits per heavy atom. The van der Waals surface area contributed by atoms with Gasteiger partial charge in [-0.3, -0.25) is 9.11 Å². The third-order valence-corrected chi connectivity index (χ3v) is 2.82. The van der Waals surface area contributed by atoms with E-state index in [-0.39, 0.29) is 0 Å². The van der Waals surface area contributed by atoms with Crippen molar-refractivity contribution in [3.05, 3.63) is 0 Å². The van der Waals surface area contributed by atoms with Crippen molar-refractivity contribution in [2.24, 2.45) is 5.14 Å². The molecule has 0 radical (unpaired) electrons. The molecule has 0 saturated carbocycles. The van der Waals surface area contributed by atoms with E-state index in [1.807, 2.05) is 0 Å². The molecule has 0 aliphatic carbocycles. The van der Waals surface area contributed by atoms with Crippen LogP contribution in [0.2, 0.25) is 0 Å². The molecule has 4 nitrogen and oxygen atoms in total. The first kappa shape index (κ1) is 8.29. The van der Waals surface area contributed by atoms with Crippen LogP contribution in [0.15, 0.2) is 0 Å². The Labute approximate surface area is 62.6 Å². The zero-order valence-corrected chi connectivity index (χ0v) is 6.68. The fraction of sp³-hybridized carbons (Fsp3) is 1.00. The van der Waals surface area contributed by atoms with Crippen molar-refractivity contribution in [3.63, 3.8) is 0 Å². The van der Waals surface area contributed by atoms with Crippen molar-refractivity contribution in [2.75, 3.05) is 13.1 Å². The second kappa shape index (κ2) is 3.06. The molecule has 0 aromatic rings. The average molecular weight is 166 g/mol. The molecule has 1 aliphatic rings. The number of hydrogen-bond acceptors (Lipinski definition) is 4. The Hall–Kier alpha value is 0.190. The van der Waals surface area contributed by atoms with Crippen molar-refractivity contribution in [2.45, 2.75) is 19.3 Å². The molecule has 1 fully saturated rings. The third kappa shape index (κ3) is 2.10. The lowest BCUT2D eigenvalue weighted by molar-refractivity contribution is 0.305. The van der Waals surface area contributed by atoms with Gasteiger partial charge < -0.3 is 0 Å². The van der Waals surface area contributed by atoms with E-state index < -0.39 is 11.0 Å². The predicted molar refractivity (Wildman–Crippen MR) is 42.5 cm³/mol. The summed E-state index contributed by atoms with van der Waals surface area (Å²) in [6.07, 6.45) is 3.21. The van der Waals surface area contributed by atoms with Crippen molar-refractivity contribution < 1.29 is 9.11 Å². The maximum absolute atomic E-state index is 8.98. The van der Waals surface area contributed by atoms with Gasteiger partial charge in [0.2, 0.25) is 0 Å². The monoisotopic (exact) mass is 166 g/mol. The lowest BCUT2D eigenvalue weighted by atomic mass is 10.2. The maximum Gasteiger partial charge on any atom is 0.0191 e. The van der Waals surface area contributed by atoms with E-state index in [1.165, 1.54) is 6.42 Å². The van der Waals surface area contributed by atoms with Gasteiger partial charge in [-0.15, -0.1) is 0 Å². The highest BCUT2D eigenvalue weighted by atomic mass is 32.3. The van der Waals surface area contributed by atoms with Gasteiger partial charge >= 0.3 is 0 Å². The van der Waals surface area contributed by atoms with Crippen LogP contribution in [0.25, 0.3) is 0 Å². The minimum absolute atomic E-state index is 0.721. The highest BCUT2D eigenvalue weighted by molar-refractivity contribution is 8.20. The number of nitrogens with zero attached hydrogens (tertiary/aromatic N) is 1. The Bertz CT molecular complexity index is 109. The molecule has 1 saturated heterocycles. The van der Waals surface area contributed by atoms with E-state index in [0.717, 1.165) is 25.9 Å². The van der Waals surface area contributed by atoms with Gasteiger partial charge in [0.25, 0.3) is 0 Å². The Morgan fingerprint density at radius 1 is 1.10 bits per heavy atom. The van der Waals surface area contributed by atoms with Gasteiger partial charge in [0.15, 0.2) is 0 Å². The summed E-state index contributed by atoms with van der Waals surface area (Å²) in [5.41, 5.74) is 0. The zero-order valence-electron chi connectivity index (χ0n) is 5.86. The summed E-state index contributed by atoms with van der Waals surface area (Å²) in [4.78, 5) is 0. The molecule has 0 spiro atoms. The molecular formula is C5H14N2O2S. The fourth-order valence-corrected chi connectivity index (χ4v) is 1.93. The molecule has 0 aromatic heterocycles. The number of piperidine rings is 1. The highest BCUT2D eigenvalue weighted by Gasteiger charge is 2.19. The van der Waals surface area contributed by atoms with E-state index in [0.29, 0.717) is 0 Å². The van der Waals surface area contributed by atoms with Crippen LogP contribution in [0.5, 0.6) is 0 Å². The molecule has 1 heterocycles. The zero-order chi connectivity index (χ0) is 7.61. The van der Waals surface area contributed by atoms with E-state index in [1.54, 1.807) is 4.31 Å².